The molecule has 0 aliphatic heterocycles. The van der Waals surface area contributed by atoms with E-state index in [1.54, 1.807) is 12.3 Å². The smallest absolute Gasteiger partial charge is 0.253 e. The standard InChI is InChI=1S/C24H25FN4O2/c1-28-20-10-4-2-7-15(20)19(27-28)14-29-13-16(23-17(25)8-6-11-21(23)29)24(31)26-18-9-3-5-12-22(18)30/h2,4,6-8,10-11,13,18,22,30H,3,5,9,12,14H2,1H3,(H,26,31)/t18-,22-/m0/s1. The molecule has 0 radical (unpaired) electrons. The summed E-state index contributed by atoms with van der Waals surface area (Å²) in [7, 11) is 1.90. The molecule has 1 aliphatic rings. The molecule has 1 aliphatic carbocycles. The number of hydrogen-bond acceptors (Lipinski definition) is 3. The molecule has 2 aromatic heterocycles. The fourth-order valence-corrected chi connectivity index (χ4v) is 4.70. The number of nitrogens with zero attached hydrogens (tertiary/aromatic N) is 3. The summed E-state index contributed by atoms with van der Waals surface area (Å²) < 4.78 is 18.5. The van der Waals surface area contributed by atoms with Gasteiger partial charge < -0.3 is 15.0 Å². The summed E-state index contributed by atoms with van der Waals surface area (Å²) in [5.74, 6) is -0.790. The number of carbonyl (C=O) groups excluding carboxylic acids is 1. The van der Waals surface area contributed by atoms with Crippen LogP contribution in [0.2, 0.25) is 0 Å². The van der Waals surface area contributed by atoms with Gasteiger partial charge in [0.15, 0.2) is 0 Å². The lowest BCUT2D eigenvalue weighted by molar-refractivity contribution is 0.0718. The molecule has 4 aromatic rings. The number of carbonyl (C=O) groups is 1. The van der Waals surface area contributed by atoms with Gasteiger partial charge in [0.2, 0.25) is 0 Å². The number of hydrogen-bond donors (Lipinski definition) is 2. The Morgan fingerprint density at radius 3 is 2.77 bits per heavy atom. The highest BCUT2D eigenvalue weighted by Gasteiger charge is 2.27. The Kier molecular flexibility index (Phi) is 4.98. The van der Waals surface area contributed by atoms with Crippen LogP contribution in [0.5, 0.6) is 0 Å². The van der Waals surface area contributed by atoms with E-state index in [-0.39, 0.29) is 17.5 Å². The van der Waals surface area contributed by atoms with E-state index in [0.717, 1.165) is 35.9 Å². The van der Waals surface area contributed by atoms with Crippen molar-refractivity contribution in [3.8, 4) is 0 Å². The summed E-state index contributed by atoms with van der Waals surface area (Å²) in [5, 5.41) is 19.1. The number of aliphatic hydroxyl groups is 1. The van der Waals surface area contributed by atoms with Crippen molar-refractivity contribution in [2.75, 3.05) is 0 Å². The molecule has 0 saturated heterocycles. The lowest BCUT2D eigenvalue weighted by atomic mass is 9.92. The molecular formula is C24H25FN4O2. The van der Waals surface area contributed by atoms with Gasteiger partial charge in [-0.05, 0) is 31.0 Å². The van der Waals surface area contributed by atoms with Gasteiger partial charge in [-0.2, -0.15) is 5.10 Å². The predicted octanol–water partition coefficient (Wildman–Crippen LogP) is 3.75. The zero-order valence-electron chi connectivity index (χ0n) is 17.4. The molecule has 0 bridgehead atoms. The van der Waals surface area contributed by atoms with E-state index in [0.29, 0.717) is 23.9 Å². The van der Waals surface area contributed by atoms with Gasteiger partial charge in [0.25, 0.3) is 5.91 Å². The molecule has 0 spiro atoms. The topological polar surface area (TPSA) is 72.1 Å². The first-order chi connectivity index (χ1) is 15.0. The lowest BCUT2D eigenvalue weighted by Gasteiger charge is -2.28. The molecule has 1 saturated carbocycles. The predicted molar refractivity (Wildman–Crippen MR) is 117 cm³/mol. The maximum absolute atomic E-state index is 14.8. The molecule has 5 rings (SSSR count). The maximum Gasteiger partial charge on any atom is 0.253 e. The normalized spacial score (nSPS) is 19.2. The fourth-order valence-electron chi connectivity index (χ4n) is 4.70. The van der Waals surface area contributed by atoms with Crippen molar-refractivity contribution in [1.29, 1.82) is 0 Å². The zero-order chi connectivity index (χ0) is 21.5. The van der Waals surface area contributed by atoms with E-state index < -0.39 is 11.9 Å². The first kappa shape index (κ1) is 19.8. The summed E-state index contributed by atoms with van der Waals surface area (Å²) in [6.07, 6.45) is 4.46. The van der Waals surface area contributed by atoms with Crippen LogP contribution < -0.4 is 5.32 Å². The number of fused-ring (bicyclic) bond motifs is 2. The monoisotopic (exact) mass is 420 g/mol. The molecule has 0 unspecified atom stereocenters. The minimum Gasteiger partial charge on any atom is -0.391 e. The fraction of sp³-hybridized carbons (Fsp3) is 0.333. The van der Waals surface area contributed by atoms with Crippen LogP contribution >= 0.6 is 0 Å². The molecule has 1 fully saturated rings. The molecular weight excluding hydrogens is 395 g/mol. The van der Waals surface area contributed by atoms with Crippen molar-refractivity contribution in [2.45, 2.75) is 44.4 Å². The highest BCUT2D eigenvalue weighted by atomic mass is 19.1. The van der Waals surface area contributed by atoms with E-state index in [4.69, 9.17) is 0 Å². The molecule has 7 heteroatoms. The third-order valence-corrected chi connectivity index (χ3v) is 6.30. The Bertz CT molecular complexity index is 1280. The first-order valence-corrected chi connectivity index (χ1v) is 10.7. The second-order valence-corrected chi connectivity index (χ2v) is 8.32. The number of aliphatic hydroxyl groups excluding tert-OH is 1. The van der Waals surface area contributed by atoms with Crippen molar-refractivity contribution in [2.24, 2.45) is 7.05 Å². The van der Waals surface area contributed by atoms with Gasteiger partial charge in [-0.15, -0.1) is 0 Å². The second kappa shape index (κ2) is 7.81. The van der Waals surface area contributed by atoms with E-state index in [1.807, 2.05) is 46.6 Å². The molecule has 2 aromatic carbocycles. The number of halogens is 1. The van der Waals surface area contributed by atoms with Crippen LogP contribution in [0, 0.1) is 5.82 Å². The second-order valence-electron chi connectivity index (χ2n) is 8.32. The van der Waals surface area contributed by atoms with Crippen molar-refractivity contribution in [3.63, 3.8) is 0 Å². The zero-order valence-corrected chi connectivity index (χ0v) is 17.4. The van der Waals surface area contributed by atoms with Crippen molar-refractivity contribution < 1.29 is 14.3 Å². The van der Waals surface area contributed by atoms with Crippen LogP contribution in [-0.2, 0) is 13.6 Å². The maximum atomic E-state index is 14.8. The van der Waals surface area contributed by atoms with Gasteiger partial charge in [-0.3, -0.25) is 9.48 Å². The molecule has 2 N–H and O–H groups in total. The van der Waals surface area contributed by atoms with E-state index in [9.17, 15) is 14.3 Å². The highest BCUT2D eigenvalue weighted by Crippen LogP contribution is 2.28. The Labute approximate surface area is 179 Å². The summed E-state index contributed by atoms with van der Waals surface area (Å²) >= 11 is 0. The average molecular weight is 420 g/mol. The van der Waals surface area contributed by atoms with E-state index >= 15 is 0 Å². The van der Waals surface area contributed by atoms with Gasteiger partial charge in [0.1, 0.15) is 5.82 Å². The van der Waals surface area contributed by atoms with Crippen LogP contribution in [0.15, 0.2) is 48.7 Å². The lowest BCUT2D eigenvalue weighted by Crippen LogP contribution is -2.45. The van der Waals surface area contributed by atoms with Crippen LogP contribution in [-0.4, -0.2) is 37.5 Å². The van der Waals surface area contributed by atoms with Gasteiger partial charge in [-0.25, -0.2) is 4.39 Å². The summed E-state index contributed by atoms with van der Waals surface area (Å²) in [6.45, 7) is 0.417. The Balaban J connectivity index is 1.54. The Morgan fingerprint density at radius 2 is 1.94 bits per heavy atom. The summed E-state index contributed by atoms with van der Waals surface area (Å²) in [6, 6.07) is 12.5. The molecule has 2 atom stereocenters. The molecule has 1 amide bonds. The van der Waals surface area contributed by atoms with Crippen molar-refractivity contribution in [3.05, 3.63) is 65.7 Å². The number of rotatable bonds is 4. The minimum atomic E-state index is -0.559. The van der Waals surface area contributed by atoms with Gasteiger partial charge >= 0.3 is 0 Å². The summed E-state index contributed by atoms with van der Waals surface area (Å²) in [4.78, 5) is 13.1. The number of aromatic nitrogens is 3. The third kappa shape index (κ3) is 3.49. The largest absolute Gasteiger partial charge is 0.391 e. The number of aryl methyl sites for hydroxylation is 1. The molecule has 2 heterocycles. The van der Waals surface area contributed by atoms with Gasteiger partial charge in [-0.1, -0.05) is 37.1 Å². The Morgan fingerprint density at radius 1 is 1.16 bits per heavy atom. The number of amides is 1. The van der Waals surface area contributed by atoms with Gasteiger partial charge in [0, 0.05) is 24.0 Å². The van der Waals surface area contributed by atoms with Crippen LogP contribution in [0.4, 0.5) is 4.39 Å². The highest BCUT2D eigenvalue weighted by molar-refractivity contribution is 6.07. The summed E-state index contributed by atoms with van der Waals surface area (Å²) in [5.41, 5.74) is 2.80. The molecule has 160 valence electrons. The van der Waals surface area contributed by atoms with Crippen LogP contribution in [0.3, 0.4) is 0 Å². The quantitative estimate of drug-likeness (QED) is 0.528. The number of benzene rings is 2. The molecule has 31 heavy (non-hydrogen) atoms. The molecule has 6 nitrogen and oxygen atoms in total. The number of para-hydroxylation sites is 1. The third-order valence-electron chi connectivity index (χ3n) is 6.30. The van der Waals surface area contributed by atoms with E-state index in [1.165, 1.54) is 6.07 Å². The van der Waals surface area contributed by atoms with E-state index in [2.05, 4.69) is 10.4 Å². The SMILES string of the molecule is Cn1nc(Cn2cc(C(=O)N[C@H]3CCCC[C@@H]3O)c3c(F)cccc32)c2ccccc21. The van der Waals surface area contributed by atoms with Gasteiger partial charge in [0.05, 0.1) is 41.0 Å². The Hall–Kier alpha value is -3.19. The number of nitrogens with one attached hydrogen (secondary N) is 1. The van der Waals surface area contributed by atoms with Crippen LogP contribution in [0.1, 0.15) is 41.7 Å². The van der Waals surface area contributed by atoms with Crippen molar-refractivity contribution >= 4 is 27.7 Å². The van der Waals surface area contributed by atoms with Crippen molar-refractivity contribution in [1.82, 2.24) is 19.7 Å². The van der Waals surface area contributed by atoms with Crippen LogP contribution in [0.25, 0.3) is 21.8 Å². The average Bonchev–Trinajstić information content (AvgIpc) is 3.29. The first-order valence-electron chi connectivity index (χ1n) is 10.7. The minimum absolute atomic E-state index is 0.283.